The van der Waals surface area contributed by atoms with E-state index in [1.165, 1.54) is 0 Å². The van der Waals surface area contributed by atoms with Gasteiger partial charge in [0.2, 0.25) is 0 Å². The van der Waals surface area contributed by atoms with Crippen LogP contribution in [-0.2, 0) is 0 Å². The molecule has 0 amide bonds. The molecule has 2 heterocycles. The highest BCUT2D eigenvalue weighted by atomic mass is 16.3. The third-order valence-electron chi connectivity index (χ3n) is 3.77. The monoisotopic (exact) mass is 324 g/mol. The highest BCUT2D eigenvalue weighted by Crippen LogP contribution is 2.31. The number of nitrogens with one attached hydrogen (secondary N) is 2. The van der Waals surface area contributed by atoms with Crippen molar-refractivity contribution in [3.05, 3.63) is 42.7 Å². The van der Waals surface area contributed by atoms with Crippen molar-refractivity contribution in [2.75, 3.05) is 11.9 Å². The first-order valence-corrected chi connectivity index (χ1v) is 7.83. The summed E-state index contributed by atoms with van der Waals surface area (Å²) >= 11 is 0. The van der Waals surface area contributed by atoms with Crippen LogP contribution in [0.1, 0.15) is 13.3 Å². The number of nitrogens with zero attached hydrogens (tertiary/aromatic N) is 3. The van der Waals surface area contributed by atoms with E-state index in [1.807, 2.05) is 25.1 Å². The molecule has 124 valence electrons. The molecule has 0 fully saturated rings. The molecule has 0 aliphatic carbocycles. The van der Waals surface area contributed by atoms with Crippen LogP contribution in [0.4, 0.5) is 5.82 Å². The minimum Gasteiger partial charge on any atom is -0.507 e. The van der Waals surface area contributed by atoms with E-state index < -0.39 is 0 Å². The lowest BCUT2D eigenvalue weighted by molar-refractivity contribution is 0.477. The Bertz CT molecular complexity index is 803. The van der Waals surface area contributed by atoms with E-state index in [2.05, 4.69) is 25.5 Å². The number of anilines is 1. The van der Waals surface area contributed by atoms with Gasteiger partial charge in [0.25, 0.3) is 0 Å². The van der Waals surface area contributed by atoms with Gasteiger partial charge in [0.05, 0.1) is 11.3 Å². The number of hydrogen-bond acceptors (Lipinski definition) is 6. The molecule has 2 aromatic heterocycles. The van der Waals surface area contributed by atoms with Gasteiger partial charge in [-0.1, -0.05) is 6.92 Å². The van der Waals surface area contributed by atoms with Gasteiger partial charge in [-0.05, 0) is 36.8 Å². The van der Waals surface area contributed by atoms with Crippen LogP contribution in [0.5, 0.6) is 5.75 Å². The van der Waals surface area contributed by atoms with Crippen LogP contribution in [-0.4, -0.2) is 37.9 Å². The molecule has 1 aromatic carbocycles. The summed E-state index contributed by atoms with van der Waals surface area (Å²) in [5.41, 5.74) is 8.23. The van der Waals surface area contributed by atoms with Crippen molar-refractivity contribution in [1.82, 2.24) is 20.2 Å². The molecule has 7 nitrogen and oxygen atoms in total. The number of phenols is 1. The molecule has 0 radical (unpaired) electrons. The second-order valence-electron chi connectivity index (χ2n) is 5.52. The molecule has 0 unspecified atom stereocenters. The molecule has 5 N–H and O–H groups in total. The minimum atomic E-state index is 0.0699. The largest absolute Gasteiger partial charge is 0.507 e. The molecule has 0 saturated heterocycles. The molecule has 0 aliphatic rings. The Balaban J connectivity index is 1.90. The quantitative estimate of drug-likeness (QED) is 0.554. The maximum Gasteiger partial charge on any atom is 0.165 e. The zero-order valence-electron chi connectivity index (χ0n) is 13.4. The Morgan fingerprint density at radius 2 is 2.12 bits per heavy atom. The molecule has 1 atom stereocenters. The van der Waals surface area contributed by atoms with Crippen molar-refractivity contribution >= 4 is 5.82 Å². The Hall–Kier alpha value is -2.93. The molecule has 24 heavy (non-hydrogen) atoms. The standard InChI is InChI=1S/C17H20N6O/c1-2-12(18)10-20-16-6-7-19-17(22-16)13-9-11(3-4-15(13)24)14-5-8-21-23-14/h3-9,12,24H,2,10,18H2,1H3,(H,21,23)(H,19,20,22)/t12-/m1/s1. The number of aromatic amines is 1. The fraction of sp³-hybridized carbons (Fsp3) is 0.235. The molecule has 0 aliphatic heterocycles. The molecule has 0 spiro atoms. The molecule has 3 rings (SSSR count). The van der Waals surface area contributed by atoms with Crippen molar-refractivity contribution in [2.45, 2.75) is 19.4 Å². The van der Waals surface area contributed by atoms with Crippen LogP contribution in [0.15, 0.2) is 42.7 Å². The Morgan fingerprint density at radius 1 is 1.25 bits per heavy atom. The summed E-state index contributed by atoms with van der Waals surface area (Å²) in [4.78, 5) is 8.74. The van der Waals surface area contributed by atoms with Crippen molar-refractivity contribution in [2.24, 2.45) is 5.73 Å². The Labute approximate surface area is 140 Å². The lowest BCUT2D eigenvalue weighted by Gasteiger charge is -2.12. The summed E-state index contributed by atoms with van der Waals surface area (Å²) < 4.78 is 0. The molecular weight excluding hydrogens is 304 g/mol. The van der Waals surface area contributed by atoms with Gasteiger partial charge >= 0.3 is 0 Å². The summed E-state index contributed by atoms with van der Waals surface area (Å²) in [6, 6.07) is 8.99. The van der Waals surface area contributed by atoms with E-state index >= 15 is 0 Å². The van der Waals surface area contributed by atoms with Crippen LogP contribution in [0.2, 0.25) is 0 Å². The van der Waals surface area contributed by atoms with Crippen LogP contribution in [0.25, 0.3) is 22.6 Å². The van der Waals surface area contributed by atoms with Crippen LogP contribution < -0.4 is 11.1 Å². The first-order valence-electron chi connectivity index (χ1n) is 7.83. The Kier molecular flexibility index (Phi) is 4.72. The van der Waals surface area contributed by atoms with Crippen LogP contribution in [0.3, 0.4) is 0 Å². The number of nitrogens with two attached hydrogens (primary N) is 1. The topological polar surface area (TPSA) is 113 Å². The van der Waals surface area contributed by atoms with Crippen molar-refractivity contribution in [1.29, 1.82) is 0 Å². The van der Waals surface area contributed by atoms with Gasteiger partial charge in [-0.3, -0.25) is 5.10 Å². The van der Waals surface area contributed by atoms with Crippen LogP contribution >= 0.6 is 0 Å². The summed E-state index contributed by atoms with van der Waals surface area (Å²) in [6.45, 7) is 2.67. The average Bonchev–Trinajstić information content (AvgIpc) is 3.15. The SMILES string of the molecule is CC[C@@H](N)CNc1ccnc(-c2cc(-c3ccn[nH]3)ccc2O)n1. The molecule has 0 bridgehead atoms. The third kappa shape index (κ3) is 3.52. The highest BCUT2D eigenvalue weighted by molar-refractivity contribution is 5.73. The average molecular weight is 324 g/mol. The van der Waals surface area contributed by atoms with Gasteiger partial charge in [0, 0.05) is 30.5 Å². The smallest absolute Gasteiger partial charge is 0.165 e. The Morgan fingerprint density at radius 3 is 2.88 bits per heavy atom. The van der Waals surface area contributed by atoms with Gasteiger partial charge in [-0.25, -0.2) is 9.97 Å². The summed E-state index contributed by atoms with van der Waals surface area (Å²) in [6.07, 6.45) is 4.22. The second-order valence-corrected chi connectivity index (χ2v) is 5.52. The number of H-pyrrole nitrogens is 1. The van der Waals surface area contributed by atoms with E-state index in [9.17, 15) is 5.11 Å². The zero-order valence-corrected chi connectivity index (χ0v) is 13.4. The van der Waals surface area contributed by atoms with Crippen molar-refractivity contribution in [3.63, 3.8) is 0 Å². The first-order chi connectivity index (χ1) is 11.7. The summed E-state index contributed by atoms with van der Waals surface area (Å²) in [7, 11) is 0. The van der Waals surface area contributed by atoms with Gasteiger partial charge in [-0.15, -0.1) is 0 Å². The van der Waals surface area contributed by atoms with E-state index in [0.29, 0.717) is 23.8 Å². The fourth-order valence-electron chi connectivity index (χ4n) is 2.27. The van der Waals surface area contributed by atoms with E-state index in [-0.39, 0.29) is 11.8 Å². The number of benzene rings is 1. The lowest BCUT2D eigenvalue weighted by Crippen LogP contribution is -2.28. The maximum atomic E-state index is 10.2. The van der Waals surface area contributed by atoms with Gasteiger partial charge < -0.3 is 16.2 Å². The maximum absolute atomic E-state index is 10.2. The zero-order chi connectivity index (χ0) is 16.9. The normalized spacial score (nSPS) is 12.1. The number of aromatic nitrogens is 4. The predicted molar refractivity (Wildman–Crippen MR) is 93.5 cm³/mol. The van der Waals surface area contributed by atoms with E-state index in [1.54, 1.807) is 24.5 Å². The summed E-state index contributed by atoms with van der Waals surface area (Å²) in [5.74, 6) is 1.25. The minimum absolute atomic E-state index is 0.0699. The molecule has 0 saturated carbocycles. The second kappa shape index (κ2) is 7.10. The first kappa shape index (κ1) is 15.9. The third-order valence-corrected chi connectivity index (χ3v) is 3.77. The number of phenolic OH excluding ortho intramolecular Hbond substituents is 1. The van der Waals surface area contributed by atoms with Crippen molar-refractivity contribution in [3.8, 4) is 28.4 Å². The molecular formula is C17H20N6O. The highest BCUT2D eigenvalue weighted by Gasteiger charge is 2.11. The van der Waals surface area contributed by atoms with Gasteiger partial charge in [0.15, 0.2) is 5.82 Å². The number of aromatic hydroxyl groups is 1. The number of rotatable bonds is 6. The van der Waals surface area contributed by atoms with E-state index in [0.717, 1.165) is 17.7 Å². The van der Waals surface area contributed by atoms with Crippen LogP contribution in [0, 0.1) is 0 Å². The summed E-state index contributed by atoms with van der Waals surface area (Å²) in [5, 5.41) is 20.2. The van der Waals surface area contributed by atoms with E-state index in [4.69, 9.17) is 5.73 Å². The van der Waals surface area contributed by atoms with Crippen molar-refractivity contribution < 1.29 is 5.11 Å². The predicted octanol–water partition coefficient (Wildman–Crippen LogP) is 2.39. The molecule has 7 heteroatoms. The number of hydrogen-bond donors (Lipinski definition) is 4. The molecule has 3 aromatic rings. The van der Waals surface area contributed by atoms with Gasteiger partial charge in [0.1, 0.15) is 11.6 Å². The fourth-order valence-corrected chi connectivity index (χ4v) is 2.27. The lowest BCUT2D eigenvalue weighted by atomic mass is 10.1. The van der Waals surface area contributed by atoms with Gasteiger partial charge in [-0.2, -0.15) is 5.10 Å².